The minimum Gasteiger partial charge on any atom is -0.560 e. The quantitative estimate of drug-likeness (QED) is 0.337. The number of carbonyl (C=O) groups excluding carboxylic acids is 1. The summed E-state index contributed by atoms with van der Waals surface area (Å²) in [6.07, 6.45) is 0. The standard InChI is InChI=1S/C3H3O3.Mo/c1-2(4)3(5)6;/h1H2,(H,5,6);/q-1;. The maximum atomic E-state index is 9.43. The van der Waals surface area contributed by atoms with Crippen molar-refractivity contribution in [3.05, 3.63) is 6.92 Å². The van der Waals surface area contributed by atoms with Gasteiger partial charge in [0.1, 0.15) is 0 Å². The Morgan fingerprint density at radius 3 is 1.57 bits per heavy atom. The number of carboxylic acid groups (broad SMARTS) is 1. The van der Waals surface area contributed by atoms with E-state index < -0.39 is 11.8 Å². The first kappa shape index (κ1) is 9.85. The molecule has 0 aromatic heterocycles. The van der Waals surface area contributed by atoms with Gasteiger partial charge in [0.2, 0.25) is 5.97 Å². The molecule has 0 aromatic rings. The van der Waals surface area contributed by atoms with E-state index >= 15 is 0 Å². The summed E-state index contributed by atoms with van der Waals surface area (Å²) >= 11 is 0. The normalized spacial score (nSPS) is 6.29. The molecule has 0 saturated carbocycles. The second kappa shape index (κ2) is 3.87. The largest absolute Gasteiger partial charge is 0.560 e. The molecule has 0 rings (SSSR count). The fourth-order valence-electron chi connectivity index (χ4n) is 0. The number of hydrogen-bond acceptors (Lipinski definition) is 2. The summed E-state index contributed by atoms with van der Waals surface area (Å²) in [6, 6.07) is 0. The third-order valence-electron chi connectivity index (χ3n) is 0.239. The van der Waals surface area contributed by atoms with Crippen LogP contribution in [0.1, 0.15) is 0 Å². The van der Waals surface area contributed by atoms with Crippen LogP contribution in [0.4, 0.5) is 0 Å². The first-order valence-corrected chi connectivity index (χ1v) is 1.24. The molecule has 0 aliphatic carbocycles. The summed E-state index contributed by atoms with van der Waals surface area (Å²) in [5.41, 5.74) is 0. The van der Waals surface area contributed by atoms with Gasteiger partial charge in [0.15, 0.2) is 0 Å². The van der Waals surface area contributed by atoms with Gasteiger partial charge in [-0.05, 0) is 0 Å². The fraction of sp³-hybridized carbons (Fsp3) is 0. The topological polar surface area (TPSA) is 54.4 Å². The molecule has 40 valence electrons. The molecule has 0 bridgehead atoms. The van der Waals surface area contributed by atoms with Gasteiger partial charge >= 0.3 is 0 Å². The molecule has 0 atom stereocenters. The molecule has 0 amide bonds. The van der Waals surface area contributed by atoms with Gasteiger partial charge in [-0.3, -0.25) is 0 Å². The van der Waals surface area contributed by atoms with Gasteiger partial charge in [0.25, 0.3) is 0 Å². The zero-order valence-electron chi connectivity index (χ0n) is 3.38. The Labute approximate surface area is 55.0 Å². The molecule has 0 aliphatic heterocycles. The predicted molar refractivity (Wildman–Crippen MR) is 18.0 cm³/mol. The van der Waals surface area contributed by atoms with Gasteiger partial charge in [-0.2, -0.15) is 6.92 Å². The van der Waals surface area contributed by atoms with Crippen LogP contribution in [0.15, 0.2) is 0 Å². The number of carbonyl (C=O) groups is 2. The average Bonchev–Trinajstić information content (AvgIpc) is 1.36. The Bertz CT molecular complexity index is 76.2. The van der Waals surface area contributed by atoms with Gasteiger partial charge in [-0.1, -0.05) is 0 Å². The molecule has 0 unspecified atom stereocenters. The number of Topliss-reactive ketones (excluding diaryl/α,β-unsaturated/α-hetero) is 1. The number of carboxylic acids is 1. The zero-order chi connectivity index (χ0) is 5.15. The van der Waals surface area contributed by atoms with Crippen LogP contribution in [0.25, 0.3) is 0 Å². The summed E-state index contributed by atoms with van der Waals surface area (Å²) in [6.45, 7) is 2.60. The van der Waals surface area contributed by atoms with Crippen LogP contribution in [0.5, 0.6) is 0 Å². The third kappa shape index (κ3) is 5.70. The molecule has 0 aromatic carbocycles. The predicted octanol–water partition coefficient (Wildman–Crippen LogP) is -0.528. The molecule has 0 heterocycles. The summed E-state index contributed by atoms with van der Waals surface area (Å²) in [5.74, 6) is -2.56. The van der Waals surface area contributed by atoms with E-state index in [0.717, 1.165) is 0 Å². The maximum absolute atomic E-state index is 9.43. The van der Waals surface area contributed by atoms with Crippen molar-refractivity contribution >= 4 is 11.8 Å². The average molecular weight is 183 g/mol. The van der Waals surface area contributed by atoms with Crippen LogP contribution in [-0.4, -0.2) is 16.9 Å². The van der Waals surface area contributed by atoms with E-state index in [1.807, 2.05) is 0 Å². The molecular weight excluding hydrogens is 180 g/mol. The number of rotatable bonds is 1. The van der Waals surface area contributed by atoms with Crippen molar-refractivity contribution < 1.29 is 35.8 Å². The Balaban J connectivity index is 0. The molecule has 7 heavy (non-hydrogen) atoms. The van der Waals surface area contributed by atoms with E-state index in [1.54, 1.807) is 0 Å². The fourth-order valence-corrected chi connectivity index (χ4v) is 0. The minimum atomic E-state index is -1.49. The Morgan fingerprint density at radius 2 is 1.57 bits per heavy atom. The second-order valence-electron chi connectivity index (χ2n) is 0.728. The first-order valence-electron chi connectivity index (χ1n) is 1.24. The molecule has 0 radical (unpaired) electrons. The van der Waals surface area contributed by atoms with E-state index in [9.17, 15) is 9.59 Å². The van der Waals surface area contributed by atoms with Crippen molar-refractivity contribution in [2.24, 2.45) is 0 Å². The Hall–Kier alpha value is -0.302. The van der Waals surface area contributed by atoms with Crippen molar-refractivity contribution in [2.75, 3.05) is 0 Å². The second-order valence-corrected chi connectivity index (χ2v) is 0.728. The molecule has 1 N–H and O–H groups in total. The van der Waals surface area contributed by atoms with Crippen molar-refractivity contribution in [1.82, 2.24) is 0 Å². The molecule has 4 heteroatoms. The van der Waals surface area contributed by atoms with Gasteiger partial charge < -0.3 is 14.7 Å². The third-order valence-corrected chi connectivity index (χ3v) is 0.239. The maximum Gasteiger partial charge on any atom is 0.212 e. The van der Waals surface area contributed by atoms with Crippen LogP contribution < -0.4 is 0 Å². The van der Waals surface area contributed by atoms with E-state index in [2.05, 4.69) is 6.92 Å². The van der Waals surface area contributed by atoms with E-state index in [0.29, 0.717) is 0 Å². The van der Waals surface area contributed by atoms with Crippen LogP contribution in [0.3, 0.4) is 0 Å². The van der Waals surface area contributed by atoms with Gasteiger partial charge in [0, 0.05) is 21.1 Å². The van der Waals surface area contributed by atoms with Crippen LogP contribution >= 0.6 is 0 Å². The molecule has 0 spiro atoms. The molecular formula is C3H3MoO3-. The summed E-state index contributed by atoms with van der Waals surface area (Å²) in [5, 5.41) is 7.58. The van der Waals surface area contributed by atoms with Crippen molar-refractivity contribution in [3.8, 4) is 0 Å². The van der Waals surface area contributed by atoms with Crippen molar-refractivity contribution in [3.63, 3.8) is 0 Å². The van der Waals surface area contributed by atoms with Crippen molar-refractivity contribution in [2.45, 2.75) is 0 Å². The molecule has 0 fully saturated rings. The van der Waals surface area contributed by atoms with Gasteiger partial charge in [-0.15, -0.1) is 0 Å². The minimum absolute atomic E-state index is 0. The van der Waals surface area contributed by atoms with Crippen LogP contribution in [0, 0.1) is 6.92 Å². The summed E-state index contributed by atoms with van der Waals surface area (Å²) in [7, 11) is 0. The SMILES string of the molecule is [CH2-]C(=O)C(=O)O.[Mo]. The molecule has 3 nitrogen and oxygen atoms in total. The smallest absolute Gasteiger partial charge is 0.212 e. The van der Waals surface area contributed by atoms with Crippen molar-refractivity contribution in [1.29, 1.82) is 0 Å². The summed E-state index contributed by atoms with van der Waals surface area (Å²) in [4.78, 5) is 18.7. The Kier molecular flexibility index (Phi) is 5.45. The van der Waals surface area contributed by atoms with E-state index in [-0.39, 0.29) is 21.1 Å². The molecule has 0 saturated heterocycles. The molecule has 0 aliphatic rings. The van der Waals surface area contributed by atoms with Gasteiger partial charge in [0.05, 0.1) is 5.78 Å². The Morgan fingerprint density at radius 1 is 1.43 bits per heavy atom. The van der Waals surface area contributed by atoms with Crippen LogP contribution in [0.2, 0.25) is 0 Å². The number of aliphatic carboxylic acids is 1. The van der Waals surface area contributed by atoms with E-state index in [4.69, 9.17) is 5.11 Å². The van der Waals surface area contributed by atoms with Crippen LogP contribution in [-0.2, 0) is 30.7 Å². The first-order chi connectivity index (χ1) is 2.64. The van der Waals surface area contributed by atoms with E-state index in [1.165, 1.54) is 0 Å². The zero-order valence-corrected chi connectivity index (χ0v) is 5.39. The monoisotopic (exact) mass is 185 g/mol. The van der Waals surface area contributed by atoms with Gasteiger partial charge in [-0.25, -0.2) is 0 Å². The number of hydrogen-bond donors (Lipinski definition) is 1. The summed E-state index contributed by atoms with van der Waals surface area (Å²) < 4.78 is 0. The number of ketones is 1.